The lowest BCUT2D eigenvalue weighted by Crippen LogP contribution is -2.21. The van der Waals surface area contributed by atoms with Gasteiger partial charge in [0.1, 0.15) is 24.0 Å². The second kappa shape index (κ2) is 14.0. The molecule has 0 aliphatic rings. The van der Waals surface area contributed by atoms with Crippen LogP contribution in [0.2, 0.25) is 5.02 Å². The fraction of sp³-hybridized carbons (Fsp3) is 0.207. The summed E-state index contributed by atoms with van der Waals surface area (Å²) in [5.41, 5.74) is 2.92. The van der Waals surface area contributed by atoms with Crippen LogP contribution < -0.4 is 4.74 Å². The van der Waals surface area contributed by atoms with Crippen molar-refractivity contribution < 1.29 is 23.0 Å². The lowest BCUT2D eigenvalue weighted by Gasteiger charge is -2.28. The van der Waals surface area contributed by atoms with Crippen molar-refractivity contribution in [2.75, 3.05) is 7.11 Å². The molecule has 7 heteroatoms. The van der Waals surface area contributed by atoms with E-state index in [1.807, 2.05) is 24.8 Å². The van der Waals surface area contributed by atoms with Crippen LogP contribution in [0.5, 0.6) is 5.75 Å². The molecule has 2 rings (SSSR count). The Bertz CT molecular complexity index is 1200. The van der Waals surface area contributed by atoms with Gasteiger partial charge in [-0.3, -0.25) is 0 Å². The van der Waals surface area contributed by atoms with Crippen LogP contribution in [0.4, 0.5) is 8.78 Å². The summed E-state index contributed by atoms with van der Waals surface area (Å²) in [5, 5.41) is 0.490. The second-order valence-electron chi connectivity index (χ2n) is 7.75. The molecule has 0 N–H and O–H groups in total. The van der Waals surface area contributed by atoms with Crippen LogP contribution >= 0.6 is 11.6 Å². The van der Waals surface area contributed by atoms with Gasteiger partial charge in [0, 0.05) is 39.2 Å². The van der Waals surface area contributed by atoms with E-state index < -0.39 is 17.6 Å². The molecule has 0 amide bonds. The zero-order valence-electron chi connectivity index (χ0n) is 20.7. The number of rotatable bonds is 12. The Labute approximate surface area is 216 Å². The molecule has 0 fully saturated rings. The summed E-state index contributed by atoms with van der Waals surface area (Å²) in [6, 6.07) is 8.47. The summed E-state index contributed by atoms with van der Waals surface area (Å²) in [6.45, 7) is 11.6. The molecule has 0 aromatic heterocycles. The molecule has 0 aliphatic carbocycles. The first-order valence-electron chi connectivity index (χ1n) is 11.3. The highest BCUT2D eigenvalue weighted by molar-refractivity contribution is 6.30. The average Bonchev–Trinajstić information content (AvgIpc) is 2.85. The van der Waals surface area contributed by atoms with E-state index in [1.165, 1.54) is 19.2 Å². The largest absolute Gasteiger partial charge is 0.488 e. The standard InChI is InChI=1S/C29H30ClF2NO3/c1-6-9-20(4)33(26(10-7-2)16-21(8-3)29(34)35-5)18-23-15-24(30)12-14-28(23)36-19-22-11-13-25(31)17-27(22)32/h6-7,9-17H,1-2,8,18-19H2,3-5H3/b20-9-,21-16+,26-10+. The van der Waals surface area contributed by atoms with Gasteiger partial charge in [-0.15, -0.1) is 0 Å². The predicted molar refractivity (Wildman–Crippen MR) is 140 cm³/mol. The molecule has 4 nitrogen and oxygen atoms in total. The lowest BCUT2D eigenvalue weighted by atomic mass is 10.1. The van der Waals surface area contributed by atoms with Gasteiger partial charge in [0.15, 0.2) is 0 Å². The number of hydrogen-bond acceptors (Lipinski definition) is 4. The number of carbonyl (C=O) groups is 1. The third-order valence-corrected chi connectivity index (χ3v) is 5.52. The summed E-state index contributed by atoms with van der Waals surface area (Å²) in [6.07, 6.45) is 9.09. The Morgan fingerprint density at radius 1 is 1.08 bits per heavy atom. The monoisotopic (exact) mass is 513 g/mol. The van der Waals surface area contributed by atoms with Crippen LogP contribution in [0.3, 0.4) is 0 Å². The highest BCUT2D eigenvalue weighted by Gasteiger charge is 2.17. The maximum absolute atomic E-state index is 14.1. The number of halogens is 3. The topological polar surface area (TPSA) is 38.8 Å². The van der Waals surface area contributed by atoms with Crippen LogP contribution in [0.15, 0.2) is 96.9 Å². The molecule has 0 spiro atoms. The van der Waals surface area contributed by atoms with Gasteiger partial charge in [-0.2, -0.15) is 0 Å². The quantitative estimate of drug-likeness (QED) is 0.166. The van der Waals surface area contributed by atoms with Crippen molar-refractivity contribution in [3.8, 4) is 5.75 Å². The molecule has 0 atom stereocenters. The van der Waals surface area contributed by atoms with Crippen LogP contribution in [-0.4, -0.2) is 18.0 Å². The highest BCUT2D eigenvalue weighted by atomic mass is 35.5. The Balaban J connectivity index is 2.50. The summed E-state index contributed by atoms with van der Waals surface area (Å²) in [5.74, 6) is -1.29. The molecule has 2 aromatic rings. The first-order valence-corrected chi connectivity index (χ1v) is 11.6. The molecule has 0 aliphatic heterocycles. The SMILES string of the molecule is C=C/C=C(/C)N(Cc1cc(Cl)ccc1OCc1ccc(F)cc1F)C(/C=C(\CC)C(=O)OC)=C/C=C. The first kappa shape index (κ1) is 28.6. The molecular weight excluding hydrogens is 484 g/mol. The smallest absolute Gasteiger partial charge is 0.333 e. The fourth-order valence-electron chi connectivity index (χ4n) is 3.41. The number of allylic oxidation sites excluding steroid dienone is 6. The summed E-state index contributed by atoms with van der Waals surface area (Å²) >= 11 is 6.30. The molecule has 0 saturated carbocycles. The van der Waals surface area contributed by atoms with Gasteiger partial charge in [0.25, 0.3) is 0 Å². The third-order valence-electron chi connectivity index (χ3n) is 5.28. The molecule has 0 saturated heterocycles. The van der Waals surface area contributed by atoms with Gasteiger partial charge in [0.05, 0.1) is 13.7 Å². The maximum Gasteiger partial charge on any atom is 0.333 e. The predicted octanol–water partition coefficient (Wildman–Crippen LogP) is 7.67. The minimum absolute atomic E-state index is 0.0974. The summed E-state index contributed by atoms with van der Waals surface area (Å²) in [7, 11) is 1.34. The third kappa shape index (κ3) is 7.95. The van der Waals surface area contributed by atoms with Gasteiger partial charge in [-0.05, 0) is 61.9 Å². The number of ether oxygens (including phenoxy) is 2. The number of esters is 1. The van der Waals surface area contributed by atoms with Crippen molar-refractivity contribution in [2.45, 2.75) is 33.4 Å². The number of methoxy groups -OCH3 is 1. The lowest BCUT2D eigenvalue weighted by molar-refractivity contribution is -0.136. The molecular formula is C29H30ClF2NO3. The van der Waals surface area contributed by atoms with Crippen molar-refractivity contribution in [3.63, 3.8) is 0 Å². The maximum atomic E-state index is 14.1. The zero-order chi connectivity index (χ0) is 26.7. The normalized spacial score (nSPS) is 12.2. The van der Waals surface area contributed by atoms with E-state index in [0.29, 0.717) is 40.6 Å². The number of hydrogen-bond donors (Lipinski definition) is 0. The second-order valence-corrected chi connectivity index (χ2v) is 8.18. The molecule has 36 heavy (non-hydrogen) atoms. The van der Waals surface area contributed by atoms with Crippen LogP contribution in [0.1, 0.15) is 31.4 Å². The van der Waals surface area contributed by atoms with Crippen molar-refractivity contribution in [2.24, 2.45) is 0 Å². The first-order chi connectivity index (χ1) is 17.2. The summed E-state index contributed by atoms with van der Waals surface area (Å²) in [4.78, 5) is 14.2. The fourth-order valence-corrected chi connectivity index (χ4v) is 3.60. The van der Waals surface area contributed by atoms with E-state index in [0.717, 1.165) is 11.8 Å². The van der Waals surface area contributed by atoms with Gasteiger partial charge < -0.3 is 14.4 Å². The molecule has 0 bridgehead atoms. The van der Waals surface area contributed by atoms with Crippen LogP contribution in [0.25, 0.3) is 0 Å². The van der Waals surface area contributed by atoms with E-state index in [2.05, 4.69) is 13.2 Å². The molecule has 190 valence electrons. The van der Waals surface area contributed by atoms with Crippen LogP contribution in [0, 0.1) is 11.6 Å². The molecule has 0 radical (unpaired) electrons. The molecule has 2 aromatic carbocycles. The van der Waals surface area contributed by atoms with E-state index in [9.17, 15) is 13.6 Å². The highest BCUT2D eigenvalue weighted by Crippen LogP contribution is 2.29. The Kier molecular flexibility index (Phi) is 11.2. The van der Waals surface area contributed by atoms with Crippen molar-refractivity contribution in [1.29, 1.82) is 0 Å². The molecule has 0 unspecified atom stereocenters. The Morgan fingerprint density at radius 2 is 1.81 bits per heavy atom. The van der Waals surface area contributed by atoms with Crippen molar-refractivity contribution in [3.05, 3.63) is 125 Å². The number of benzene rings is 2. The van der Waals surface area contributed by atoms with Gasteiger partial charge in [0.2, 0.25) is 0 Å². The van der Waals surface area contributed by atoms with Crippen molar-refractivity contribution >= 4 is 17.6 Å². The summed E-state index contributed by atoms with van der Waals surface area (Å²) < 4.78 is 38.2. The Hall–Kier alpha value is -3.64. The number of carbonyl (C=O) groups excluding carboxylic acids is 1. The van der Waals surface area contributed by atoms with Crippen molar-refractivity contribution in [1.82, 2.24) is 4.90 Å². The van der Waals surface area contributed by atoms with E-state index >= 15 is 0 Å². The van der Waals surface area contributed by atoms with Gasteiger partial charge in [-0.25, -0.2) is 13.6 Å². The van der Waals surface area contributed by atoms with Gasteiger partial charge in [-0.1, -0.05) is 43.8 Å². The minimum Gasteiger partial charge on any atom is -0.488 e. The number of nitrogens with zero attached hydrogens (tertiary/aromatic N) is 1. The van der Waals surface area contributed by atoms with E-state index in [-0.39, 0.29) is 12.2 Å². The van der Waals surface area contributed by atoms with Crippen LogP contribution in [-0.2, 0) is 22.7 Å². The molecule has 0 heterocycles. The van der Waals surface area contributed by atoms with E-state index in [4.69, 9.17) is 21.1 Å². The average molecular weight is 514 g/mol. The van der Waals surface area contributed by atoms with E-state index in [1.54, 1.807) is 42.5 Å². The minimum atomic E-state index is -0.687. The van der Waals surface area contributed by atoms with Gasteiger partial charge >= 0.3 is 5.97 Å². The Morgan fingerprint density at radius 3 is 2.42 bits per heavy atom. The zero-order valence-corrected chi connectivity index (χ0v) is 21.4.